The van der Waals surface area contributed by atoms with Crippen LogP contribution in [-0.4, -0.2) is 20.6 Å². The van der Waals surface area contributed by atoms with Crippen molar-refractivity contribution in [3.05, 3.63) is 40.4 Å². The number of hydrogen-bond acceptors (Lipinski definition) is 3. The molecule has 1 N–H and O–H groups in total. The number of benzene rings is 1. The van der Waals surface area contributed by atoms with E-state index in [2.05, 4.69) is 20.9 Å². The van der Waals surface area contributed by atoms with Crippen molar-refractivity contribution in [2.24, 2.45) is 0 Å². The van der Waals surface area contributed by atoms with Crippen LogP contribution in [0.4, 0.5) is 0 Å². The minimum Gasteiger partial charge on any atom is -0.484 e. The first-order chi connectivity index (χ1) is 8.18. The predicted octanol–water partition coefficient (Wildman–Crippen LogP) is 2.23. The van der Waals surface area contributed by atoms with Crippen LogP contribution in [0.1, 0.15) is 16.2 Å². The number of carboxylic acids is 1. The maximum atomic E-state index is 11.0. The first-order valence-electron chi connectivity index (χ1n) is 4.89. The van der Waals surface area contributed by atoms with Crippen molar-refractivity contribution in [2.75, 3.05) is 0 Å². The summed E-state index contributed by atoms with van der Waals surface area (Å²) in [4.78, 5) is 14.9. The Morgan fingerprint density at radius 1 is 1.53 bits per heavy atom. The fraction of sp³-hybridized carbons (Fsp3) is 0.0909. The van der Waals surface area contributed by atoms with Gasteiger partial charge in [-0.05, 0) is 28.1 Å². The number of hydrogen-bond donors (Lipinski definition) is 1. The molecule has 1 aromatic carbocycles. The molecule has 0 bridgehead atoms. The summed E-state index contributed by atoms with van der Waals surface area (Å²) >= 11 is 3.39. The van der Waals surface area contributed by atoms with Gasteiger partial charge in [0.15, 0.2) is 11.4 Å². The van der Waals surface area contributed by atoms with Crippen LogP contribution in [-0.2, 0) is 6.61 Å². The van der Waals surface area contributed by atoms with Crippen LogP contribution in [0.3, 0.4) is 0 Å². The Hall–Kier alpha value is -1.82. The molecule has 86 valence electrons. The highest BCUT2D eigenvalue weighted by Crippen LogP contribution is 2.36. The monoisotopic (exact) mass is 294 g/mol. The molecule has 1 aliphatic heterocycles. The highest BCUT2D eigenvalue weighted by atomic mass is 79.9. The van der Waals surface area contributed by atoms with E-state index in [1.54, 1.807) is 4.57 Å². The first-order valence-corrected chi connectivity index (χ1v) is 5.69. The smallest absolute Gasteiger partial charge is 0.356 e. The van der Waals surface area contributed by atoms with Gasteiger partial charge in [0.2, 0.25) is 0 Å². The topological polar surface area (TPSA) is 64.3 Å². The summed E-state index contributed by atoms with van der Waals surface area (Å²) in [6.07, 6.45) is 1.51. The number of nitrogens with zero attached hydrogens (tertiary/aromatic N) is 2. The van der Waals surface area contributed by atoms with Crippen LogP contribution in [0.15, 0.2) is 29.0 Å². The van der Waals surface area contributed by atoms with Crippen LogP contribution in [0, 0.1) is 0 Å². The normalized spacial score (nSPS) is 12.5. The summed E-state index contributed by atoms with van der Waals surface area (Å²) in [7, 11) is 0. The van der Waals surface area contributed by atoms with Gasteiger partial charge in [0.1, 0.15) is 12.9 Å². The summed E-state index contributed by atoms with van der Waals surface area (Å²) in [6.45, 7) is 0.206. The zero-order chi connectivity index (χ0) is 12.0. The van der Waals surface area contributed by atoms with Gasteiger partial charge in [-0.1, -0.05) is 6.07 Å². The lowest BCUT2D eigenvalue weighted by Crippen LogP contribution is -2.15. The van der Waals surface area contributed by atoms with Crippen molar-refractivity contribution in [3.63, 3.8) is 0 Å². The minimum atomic E-state index is -1.04. The van der Waals surface area contributed by atoms with Gasteiger partial charge in [-0.15, -0.1) is 0 Å². The largest absolute Gasteiger partial charge is 0.484 e. The molecule has 0 saturated carbocycles. The molecule has 1 aromatic heterocycles. The molecule has 0 saturated heterocycles. The minimum absolute atomic E-state index is 0.0376. The summed E-state index contributed by atoms with van der Waals surface area (Å²) in [6, 6.07) is 5.59. The molecule has 0 fully saturated rings. The van der Waals surface area contributed by atoms with E-state index in [4.69, 9.17) is 9.84 Å². The molecule has 0 radical (unpaired) electrons. The average Bonchev–Trinajstić information content (AvgIpc) is 2.73. The summed E-state index contributed by atoms with van der Waals surface area (Å²) in [5.41, 5.74) is 1.39. The Balaban J connectivity index is 2.25. The first kappa shape index (κ1) is 10.3. The Kier molecular flexibility index (Phi) is 2.19. The molecule has 0 unspecified atom stereocenters. The summed E-state index contributed by atoms with van der Waals surface area (Å²) in [5, 5.41) is 8.99. The molecule has 5 nitrogen and oxygen atoms in total. The fourth-order valence-electron chi connectivity index (χ4n) is 1.87. The molecule has 2 heterocycles. The van der Waals surface area contributed by atoms with Crippen molar-refractivity contribution in [1.82, 2.24) is 9.55 Å². The number of fused-ring (bicyclic) bond motifs is 3. The maximum Gasteiger partial charge on any atom is 0.356 e. The SMILES string of the molecule is O=C(O)c1ncn2c1COc1c(Br)cccc1-2. The lowest BCUT2D eigenvalue weighted by molar-refractivity contribution is 0.0687. The number of halogens is 1. The number of rotatable bonds is 1. The molecular weight excluding hydrogens is 288 g/mol. The molecule has 3 rings (SSSR count). The highest BCUT2D eigenvalue weighted by Gasteiger charge is 2.25. The Morgan fingerprint density at radius 3 is 3.12 bits per heavy atom. The molecule has 17 heavy (non-hydrogen) atoms. The number of imidazole rings is 1. The summed E-state index contributed by atoms with van der Waals surface area (Å²) < 4.78 is 8.14. The van der Waals surface area contributed by atoms with E-state index >= 15 is 0 Å². The van der Waals surface area contributed by atoms with E-state index < -0.39 is 5.97 Å². The van der Waals surface area contributed by atoms with Gasteiger partial charge in [0.25, 0.3) is 0 Å². The molecule has 0 aliphatic carbocycles. The van der Waals surface area contributed by atoms with Gasteiger partial charge in [-0.3, -0.25) is 4.57 Å². The average molecular weight is 295 g/mol. The fourth-order valence-corrected chi connectivity index (χ4v) is 2.34. The van der Waals surface area contributed by atoms with E-state index in [9.17, 15) is 4.79 Å². The number of ether oxygens (including phenoxy) is 1. The number of aromatic nitrogens is 2. The van der Waals surface area contributed by atoms with Crippen LogP contribution >= 0.6 is 15.9 Å². The maximum absolute atomic E-state index is 11.0. The van der Waals surface area contributed by atoms with Gasteiger partial charge in [-0.2, -0.15) is 0 Å². The van der Waals surface area contributed by atoms with E-state index in [1.807, 2.05) is 18.2 Å². The van der Waals surface area contributed by atoms with Crippen molar-refractivity contribution in [3.8, 4) is 11.4 Å². The van der Waals surface area contributed by atoms with Crippen molar-refractivity contribution in [1.29, 1.82) is 0 Å². The molecule has 0 amide bonds. The zero-order valence-corrected chi connectivity index (χ0v) is 10.1. The van der Waals surface area contributed by atoms with Crippen LogP contribution < -0.4 is 4.74 Å². The van der Waals surface area contributed by atoms with Gasteiger partial charge in [-0.25, -0.2) is 9.78 Å². The van der Waals surface area contributed by atoms with Crippen LogP contribution in [0.2, 0.25) is 0 Å². The Bertz CT molecular complexity index is 621. The number of carboxylic acid groups (broad SMARTS) is 1. The quantitative estimate of drug-likeness (QED) is 0.876. The second kappa shape index (κ2) is 3.59. The standard InChI is InChI=1S/C11H7BrN2O3/c12-6-2-1-3-7-10(6)17-4-8-9(11(15)16)13-5-14(7)8/h1-3,5H,4H2,(H,15,16). The van der Waals surface area contributed by atoms with Gasteiger partial charge in [0, 0.05) is 0 Å². The van der Waals surface area contributed by atoms with Crippen LogP contribution in [0.5, 0.6) is 5.75 Å². The Labute approximate surface area is 105 Å². The molecule has 0 atom stereocenters. The third kappa shape index (κ3) is 1.44. The molecular formula is C11H7BrN2O3. The number of aromatic carboxylic acids is 1. The van der Waals surface area contributed by atoms with Crippen molar-refractivity contribution in [2.45, 2.75) is 6.61 Å². The van der Waals surface area contributed by atoms with E-state index in [0.29, 0.717) is 11.4 Å². The third-order valence-corrected chi connectivity index (χ3v) is 3.25. The second-order valence-corrected chi connectivity index (χ2v) is 4.45. The lowest BCUT2D eigenvalue weighted by Gasteiger charge is -2.20. The molecule has 6 heteroatoms. The zero-order valence-electron chi connectivity index (χ0n) is 8.55. The van der Waals surface area contributed by atoms with Gasteiger partial charge < -0.3 is 9.84 Å². The third-order valence-electron chi connectivity index (χ3n) is 2.63. The van der Waals surface area contributed by atoms with Crippen molar-refractivity contribution >= 4 is 21.9 Å². The highest BCUT2D eigenvalue weighted by molar-refractivity contribution is 9.10. The Morgan fingerprint density at radius 2 is 2.35 bits per heavy atom. The predicted molar refractivity (Wildman–Crippen MR) is 62.6 cm³/mol. The van der Waals surface area contributed by atoms with Gasteiger partial charge >= 0.3 is 5.97 Å². The van der Waals surface area contributed by atoms with Gasteiger partial charge in [0.05, 0.1) is 15.9 Å². The molecule has 2 aromatic rings. The summed E-state index contributed by atoms with van der Waals surface area (Å²) in [5.74, 6) is -0.338. The van der Waals surface area contributed by atoms with Crippen molar-refractivity contribution < 1.29 is 14.6 Å². The molecule has 1 aliphatic rings. The van der Waals surface area contributed by atoms with E-state index in [-0.39, 0.29) is 12.3 Å². The number of para-hydroxylation sites is 1. The van der Waals surface area contributed by atoms with E-state index in [1.165, 1.54) is 6.33 Å². The van der Waals surface area contributed by atoms with E-state index in [0.717, 1.165) is 10.2 Å². The molecule has 0 spiro atoms. The number of carbonyl (C=O) groups is 1. The lowest BCUT2D eigenvalue weighted by atomic mass is 10.2. The second-order valence-electron chi connectivity index (χ2n) is 3.59. The van der Waals surface area contributed by atoms with Crippen LogP contribution in [0.25, 0.3) is 5.69 Å².